The van der Waals surface area contributed by atoms with Crippen molar-refractivity contribution in [2.45, 2.75) is 38.5 Å². The number of hydrogen-bond acceptors (Lipinski definition) is 5. The Morgan fingerprint density at radius 1 is 1.40 bits per heavy atom. The molecule has 2 unspecified atom stereocenters. The molecule has 0 radical (unpaired) electrons. The molecular formula is C9H19NO4S. The van der Waals surface area contributed by atoms with Gasteiger partial charge < -0.3 is 10.5 Å². The van der Waals surface area contributed by atoms with Crippen LogP contribution in [0.4, 0.5) is 0 Å². The standard InChI is InChI=1S/C9H19NO4S/c1-5-13-8(11)7(10)9(3,4)15(12)14-6-2/h7H,5-6,10H2,1-4H3. The van der Waals surface area contributed by atoms with Gasteiger partial charge in [0.15, 0.2) is 11.1 Å². The maximum atomic E-state index is 11.6. The van der Waals surface area contributed by atoms with Gasteiger partial charge in [-0.15, -0.1) is 0 Å². The molecule has 15 heavy (non-hydrogen) atoms. The zero-order valence-electron chi connectivity index (χ0n) is 9.61. The molecule has 0 heterocycles. The first-order chi connectivity index (χ1) is 6.87. The van der Waals surface area contributed by atoms with Gasteiger partial charge >= 0.3 is 5.97 Å². The average molecular weight is 237 g/mol. The second kappa shape index (κ2) is 6.19. The molecule has 0 aromatic rings. The summed E-state index contributed by atoms with van der Waals surface area (Å²) in [5.74, 6) is -0.560. The van der Waals surface area contributed by atoms with E-state index in [4.69, 9.17) is 14.7 Å². The molecule has 0 rings (SSSR count). The fraction of sp³-hybridized carbons (Fsp3) is 0.889. The Morgan fingerprint density at radius 3 is 2.33 bits per heavy atom. The molecule has 90 valence electrons. The molecule has 0 bridgehead atoms. The fourth-order valence-corrected chi connectivity index (χ4v) is 1.70. The quantitative estimate of drug-likeness (QED) is 0.675. The van der Waals surface area contributed by atoms with Crippen LogP contribution in [0.2, 0.25) is 0 Å². The van der Waals surface area contributed by atoms with Gasteiger partial charge in [0.25, 0.3) is 0 Å². The first-order valence-electron chi connectivity index (χ1n) is 4.85. The van der Waals surface area contributed by atoms with Crippen molar-refractivity contribution in [1.29, 1.82) is 0 Å². The zero-order valence-corrected chi connectivity index (χ0v) is 10.4. The van der Waals surface area contributed by atoms with Gasteiger partial charge in [0.1, 0.15) is 6.04 Å². The molecular weight excluding hydrogens is 218 g/mol. The Bertz CT molecular complexity index is 242. The number of carbonyl (C=O) groups excluding carboxylic acids is 1. The van der Waals surface area contributed by atoms with Gasteiger partial charge in [-0.2, -0.15) is 0 Å². The Morgan fingerprint density at radius 2 is 1.93 bits per heavy atom. The maximum absolute atomic E-state index is 11.6. The van der Waals surface area contributed by atoms with Crippen molar-refractivity contribution in [2.24, 2.45) is 5.73 Å². The average Bonchev–Trinajstić information content (AvgIpc) is 2.17. The molecule has 0 saturated heterocycles. The van der Waals surface area contributed by atoms with Crippen LogP contribution >= 0.6 is 0 Å². The van der Waals surface area contributed by atoms with Gasteiger partial charge in [0.05, 0.1) is 18.0 Å². The van der Waals surface area contributed by atoms with E-state index in [1.165, 1.54) is 0 Å². The topological polar surface area (TPSA) is 78.6 Å². The molecule has 0 aromatic heterocycles. The van der Waals surface area contributed by atoms with Gasteiger partial charge in [-0.25, -0.2) is 4.21 Å². The van der Waals surface area contributed by atoms with Crippen LogP contribution in [0.15, 0.2) is 0 Å². The lowest BCUT2D eigenvalue weighted by Gasteiger charge is -2.27. The third-order valence-electron chi connectivity index (χ3n) is 1.94. The summed E-state index contributed by atoms with van der Waals surface area (Å²) in [5, 5.41) is 0. The largest absolute Gasteiger partial charge is 0.465 e. The highest BCUT2D eigenvalue weighted by Crippen LogP contribution is 2.18. The Balaban J connectivity index is 4.56. The number of ether oxygens (including phenoxy) is 1. The lowest BCUT2D eigenvalue weighted by atomic mass is 10.1. The molecule has 0 aromatic carbocycles. The van der Waals surface area contributed by atoms with E-state index < -0.39 is 27.8 Å². The second-order valence-corrected chi connectivity index (χ2v) is 5.23. The van der Waals surface area contributed by atoms with Crippen LogP contribution in [0.1, 0.15) is 27.7 Å². The van der Waals surface area contributed by atoms with Crippen LogP contribution in [-0.2, 0) is 24.8 Å². The third-order valence-corrected chi connectivity index (χ3v) is 3.51. The molecule has 0 fully saturated rings. The van der Waals surface area contributed by atoms with E-state index in [9.17, 15) is 9.00 Å². The molecule has 0 amide bonds. The predicted molar refractivity (Wildman–Crippen MR) is 58.5 cm³/mol. The highest BCUT2D eigenvalue weighted by Gasteiger charge is 2.39. The molecule has 0 aliphatic heterocycles. The summed E-state index contributed by atoms with van der Waals surface area (Å²) in [6.45, 7) is 7.21. The van der Waals surface area contributed by atoms with E-state index in [1.807, 2.05) is 0 Å². The van der Waals surface area contributed by atoms with Crippen molar-refractivity contribution in [3.8, 4) is 0 Å². The minimum absolute atomic E-state index is 0.254. The smallest absolute Gasteiger partial charge is 0.324 e. The van der Waals surface area contributed by atoms with E-state index in [1.54, 1.807) is 27.7 Å². The van der Waals surface area contributed by atoms with E-state index >= 15 is 0 Å². The van der Waals surface area contributed by atoms with Crippen molar-refractivity contribution < 1.29 is 17.9 Å². The summed E-state index contributed by atoms with van der Waals surface area (Å²) < 4.78 is 20.4. The normalized spacial score (nSPS) is 15.8. The van der Waals surface area contributed by atoms with Crippen molar-refractivity contribution in [3.63, 3.8) is 0 Å². The molecule has 0 aliphatic carbocycles. The summed E-state index contributed by atoms with van der Waals surface area (Å²) in [6.07, 6.45) is 0. The Labute approximate surface area is 93.0 Å². The van der Waals surface area contributed by atoms with E-state index in [-0.39, 0.29) is 6.61 Å². The highest BCUT2D eigenvalue weighted by atomic mass is 32.2. The molecule has 5 nitrogen and oxygen atoms in total. The first-order valence-corrected chi connectivity index (χ1v) is 5.92. The third kappa shape index (κ3) is 3.89. The lowest BCUT2D eigenvalue weighted by molar-refractivity contribution is -0.145. The molecule has 2 N–H and O–H groups in total. The van der Waals surface area contributed by atoms with Crippen molar-refractivity contribution in [3.05, 3.63) is 0 Å². The van der Waals surface area contributed by atoms with Crippen LogP contribution in [0, 0.1) is 0 Å². The molecule has 6 heteroatoms. The first kappa shape index (κ1) is 14.5. The van der Waals surface area contributed by atoms with Crippen LogP contribution in [0.5, 0.6) is 0 Å². The monoisotopic (exact) mass is 237 g/mol. The second-order valence-electron chi connectivity index (χ2n) is 3.47. The summed E-state index contributed by atoms with van der Waals surface area (Å²) in [5.41, 5.74) is 5.66. The SMILES string of the molecule is CCOC(=O)C(N)C(C)(C)S(=O)OCC. The van der Waals surface area contributed by atoms with Crippen LogP contribution in [-0.4, -0.2) is 34.2 Å². The number of esters is 1. The van der Waals surface area contributed by atoms with Crippen molar-refractivity contribution >= 4 is 17.0 Å². The molecule has 0 spiro atoms. The van der Waals surface area contributed by atoms with Crippen molar-refractivity contribution in [2.75, 3.05) is 13.2 Å². The summed E-state index contributed by atoms with van der Waals surface area (Å²) in [7, 11) is 0. The molecule has 0 aliphatic rings. The Hall–Kier alpha value is -0.460. The highest BCUT2D eigenvalue weighted by molar-refractivity contribution is 7.81. The molecule has 0 saturated carbocycles. The minimum Gasteiger partial charge on any atom is -0.465 e. The van der Waals surface area contributed by atoms with Gasteiger partial charge in [-0.1, -0.05) is 0 Å². The number of hydrogen-bond donors (Lipinski definition) is 1. The van der Waals surface area contributed by atoms with Crippen LogP contribution in [0.3, 0.4) is 0 Å². The van der Waals surface area contributed by atoms with Gasteiger partial charge in [-0.3, -0.25) is 8.98 Å². The van der Waals surface area contributed by atoms with E-state index in [0.29, 0.717) is 6.61 Å². The summed E-state index contributed by atoms with van der Waals surface area (Å²) >= 11 is -1.61. The van der Waals surface area contributed by atoms with Crippen LogP contribution in [0.25, 0.3) is 0 Å². The van der Waals surface area contributed by atoms with Crippen molar-refractivity contribution in [1.82, 2.24) is 0 Å². The predicted octanol–water partition coefficient (Wildman–Crippen LogP) is 0.356. The summed E-state index contributed by atoms with van der Waals surface area (Å²) in [4.78, 5) is 11.4. The summed E-state index contributed by atoms with van der Waals surface area (Å²) in [6, 6.07) is -0.954. The number of carbonyl (C=O) groups is 1. The fourth-order valence-electron chi connectivity index (χ4n) is 0.878. The van der Waals surface area contributed by atoms with Gasteiger partial charge in [0, 0.05) is 0 Å². The van der Waals surface area contributed by atoms with E-state index in [0.717, 1.165) is 0 Å². The lowest BCUT2D eigenvalue weighted by Crippen LogP contribution is -2.52. The zero-order chi connectivity index (χ0) is 12.1. The maximum Gasteiger partial charge on any atom is 0.324 e. The van der Waals surface area contributed by atoms with Crippen LogP contribution < -0.4 is 5.73 Å². The number of rotatable bonds is 6. The number of nitrogens with two attached hydrogens (primary N) is 1. The van der Waals surface area contributed by atoms with Gasteiger partial charge in [-0.05, 0) is 27.7 Å². The Kier molecular flexibility index (Phi) is 6.00. The molecule has 2 atom stereocenters. The van der Waals surface area contributed by atoms with Gasteiger partial charge in [0.2, 0.25) is 0 Å². The van der Waals surface area contributed by atoms with E-state index in [2.05, 4.69) is 0 Å². The minimum atomic E-state index is -1.61.